The number of nitrogens with zero attached hydrogens (tertiary/aromatic N) is 6. The van der Waals surface area contributed by atoms with Crippen molar-refractivity contribution in [3.63, 3.8) is 0 Å². The van der Waals surface area contributed by atoms with E-state index in [9.17, 15) is 9.59 Å². The Kier molecular flexibility index (Phi) is 5.90. The van der Waals surface area contributed by atoms with Crippen LogP contribution in [0.4, 0.5) is 5.95 Å². The summed E-state index contributed by atoms with van der Waals surface area (Å²) in [4.78, 5) is 45.3. The maximum atomic E-state index is 13.0. The summed E-state index contributed by atoms with van der Waals surface area (Å²) in [5, 5.41) is 5.23. The summed E-state index contributed by atoms with van der Waals surface area (Å²) in [5.41, 5.74) is 3.11. The molecule has 174 valence electrons. The molecule has 1 aromatic carbocycles. The van der Waals surface area contributed by atoms with Crippen molar-refractivity contribution in [3.8, 4) is 5.13 Å². The maximum Gasteiger partial charge on any atom is 0.277 e. The smallest absolute Gasteiger partial charge is 0.277 e. The van der Waals surface area contributed by atoms with Gasteiger partial charge in [-0.05, 0) is 32.4 Å². The molecule has 0 atom stereocenters. The van der Waals surface area contributed by atoms with E-state index in [4.69, 9.17) is 4.74 Å². The Bertz CT molecular complexity index is 1530. The van der Waals surface area contributed by atoms with Gasteiger partial charge in [0, 0.05) is 37.5 Å². The molecule has 0 radical (unpaired) electrons. The number of ether oxygens (including phenoxy) is 1. The van der Waals surface area contributed by atoms with Crippen molar-refractivity contribution in [2.45, 2.75) is 26.8 Å². The van der Waals surface area contributed by atoms with E-state index >= 15 is 0 Å². The Morgan fingerprint density at radius 1 is 1.24 bits per heavy atom. The van der Waals surface area contributed by atoms with Crippen molar-refractivity contribution in [1.29, 1.82) is 0 Å². The molecule has 5 rings (SSSR count). The van der Waals surface area contributed by atoms with Crippen molar-refractivity contribution in [3.05, 3.63) is 58.0 Å². The fourth-order valence-electron chi connectivity index (χ4n) is 3.61. The molecule has 11 nitrogen and oxygen atoms in total. The van der Waals surface area contributed by atoms with Gasteiger partial charge >= 0.3 is 0 Å². The van der Waals surface area contributed by atoms with Crippen LogP contribution in [0.15, 0.2) is 41.0 Å². The van der Waals surface area contributed by atoms with Gasteiger partial charge in [0.25, 0.3) is 11.5 Å². The summed E-state index contributed by atoms with van der Waals surface area (Å²) in [6, 6.07) is 3.64. The summed E-state index contributed by atoms with van der Waals surface area (Å²) < 4.78 is 9.15. The molecule has 0 aliphatic rings. The molecule has 4 aromatic heterocycles. The normalized spacial score (nSPS) is 11.5. The molecule has 0 saturated heterocycles. The lowest BCUT2D eigenvalue weighted by Crippen LogP contribution is -2.17. The predicted molar refractivity (Wildman–Crippen MR) is 129 cm³/mol. The molecule has 2 N–H and O–H groups in total. The van der Waals surface area contributed by atoms with Crippen LogP contribution in [0.5, 0.6) is 0 Å². The second kappa shape index (κ2) is 9.15. The summed E-state index contributed by atoms with van der Waals surface area (Å²) >= 11 is 1.34. The number of aryl methyl sites for hydroxylation is 2. The third kappa shape index (κ3) is 4.20. The van der Waals surface area contributed by atoms with Gasteiger partial charge in [-0.3, -0.25) is 19.5 Å². The Labute approximate surface area is 197 Å². The number of thiazole rings is 1. The van der Waals surface area contributed by atoms with E-state index in [1.165, 1.54) is 11.3 Å². The molecule has 34 heavy (non-hydrogen) atoms. The second-order valence-electron chi connectivity index (χ2n) is 7.59. The first-order chi connectivity index (χ1) is 16.5. The zero-order valence-electron chi connectivity index (χ0n) is 18.6. The largest absolute Gasteiger partial charge is 0.382 e. The quantitative estimate of drug-likeness (QED) is 0.328. The van der Waals surface area contributed by atoms with Gasteiger partial charge in [0.15, 0.2) is 5.13 Å². The molecule has 0 saturated carbocycles. The highest BCUT2D eigenvalue weighted by molar-refractivity contribution is 7.12. The lowest BCUT2D eigenvalue weighted by atomic mass is 10.2. The first kappa shape index (κ1) is 21.9. The Hall–Kier alpha value is -3.90. The van der Waals surface area contributed by atoms with Gasteiger partial charge in [0.05, 0.1) is 22.1 Å². The molecule has 0 aliphatic carbocycles. The topological polar surface area (TPSA) is 133 Å². The van der Waals surface area contributed by atoms with Gasteiger partial charge in [-0.25, -0.2) is 19.9 Å². The monoisotopic (exact) mass is 478 g/mol. The highest BCUT2D eigenvalue weighted by Gasteiger charge is 2.18. The van der Waals surface area contributed by atoms with Crippen LogP contribution in [0.25, 0.3) is 27.2 Å². The number of nitrogens with one attached hydrogen (secondary N) is 2. The minimum Gasteiger partial charge on any atom is -0.382 e. The fraction of sp³-hybridized carbons (Fsp3) is 0.273. The van der Waals surface area contributed by atoms with Crippen molar-refractivity contribution >= 4 is 45.3 Å². The van der Waals surface area contributed by atoms with Crippen molar-refractivity contribution < 1.29 is 9.53 Å². The average Bonchev–Trinajstić information content (AvgIpc) is 3.56. The van der Waals surface area contributed by atoms with Gasteiger partial charge in [-0.15, -0.1) is 11.3 Å². The summed E-state index contributed by atoms with van der Waals surface area (Å²) in [5.74, 6) is 0.0268. The summed E-state index contributed by atoms with van der Waals surface area (Å²) in [6.45, 7) is 5.42. The molecule has 0 spiro atoms. The third-order valence-corrected chi connectivity index (χ3v) is 6.13. The Morgan fingerprint density at radius 3 is 2.91 bits per heavy atom. The highest BCUT2D eigenvalue weighted by Crippen LogP contribution is 2.25. The standard InChI is InChI=1S/C22H22N8O3S/c1-3-33-8-4-6-30-18-10-15-14(25-19(31)13(2)24-15)9-16(18)26-21(30)28-20(32)17-11-34-22(27-17)29-7-5-23-12-29/h5,7,9-12H,3-4,6,8H2,1-2H3,(H,25,31)(H,26,28,32). The molecule has 0 aliphatic heterocycles. The molecule has 5 aromatic rings. The minimum absolute atomic E-state index is 0.242. The number of hydrogen-bond donors (Lipinski definition) is 2. The van der Waals surface area contributed by atoms with E-state index in [-0.39, 0.29) is 17.2 Å². The van der Waals surface area contributed by atoms with E-state index in [0.717, 1.165) is 11.9 Å². The number of H-pyrrole nitrogens is 1. The zero-order chi connectivity index (χ0) is 23.7. The molecular weight excluding hydrogens is 456 g/mol. The highest BCUT2D eigenvalue weighted by atomic mass is 32.1. The molecule has 0 fully saturated rings. The molecule has 12 heteroatoms. The number of rotatable bonds is 8. The lowest BCUT2D eigenvalue weighted by Gasteiger charge is -2.10. The number of fused-ring (bicyclic) bond motifs is 2. The molecule has 0 unspecified atom stereocenters. The van der Waals surface area contributed by atoms with Crippen LogP contribution >= 0.6 is 11.3 Å². The maximum absolute atomic E-state index is 13.0. The second-order valence-corrected chi connectivity index (χ2v) is 8.42. The third-order valence-electron chi connectivity index (χ3n) is 5.28. The van der Waals surface area contributed by atoms with E-state index in [1.54, 1.807) is 41.7 Å². The number of hydrogen-bond acceptors (Lipinski definition) is 8. The number of amides is 1. The van der Waals surface area contributed by atoms with Crippen molar-refractivity contribution in [2.24, 2.45) is 0 Å². The SMILES string of the molecule is CCOCCCn1c(NC(=O)c2csc(-n3ccnc3)n2)nc2cc3[nH]c(=O)c(C)nc3cc21. The van der Waals surface area contributed by atoms with E-state index < -0.39 is 0 Å². The molecular formula is C22H22N8O3S. The van der Waals surface area contributed by atoms with E-state index in [1.807, 2.05) is 17.6 Å². The zero-order valence-corrected chi connectivity index (χ0v) is 19.4. The van der Waals surface area contributed by atoms with Crippen LogP contribution in [0, 0.1) is 6.92 Å². The number of aromatic nitrogens is 7. The van der Waals surface area contributed by atoms with Crippen LogP contribution in [0.3, 0.4) is 0 Å². The number of carbonyl (C=O) groups excluding carboxylic acids is 1. The van der Waals surface area contributed by atoms with Crippen LogP contribution in [-0.4, -0.2) is 53.2 Å². The molecule has 4 heterocycles. The number of aromatic amines is 1. The van der Waals surface area contributed by atoms with E-state index in [0.29, 0.717) is 53.1 Å². The van der Waals surface area contributed by atoms with Gasteiger partial charge in [-0.2, -0.15) is 0 Å². The number of carbonyl (C=O) groups is 1. The van der Waals surface area contributed by atoms with Crippen molar-refractivity contribution in [1.82, 2.24) is 34.1 Å². The van der Waals surface area contributed by atoms with E-state index in [2.05, 4.69) is 30.2 Å². The fourth-order valence-corrected chi connectivity index (χ4v) is 4.37. The van der Waals surface area contributed by atoms with Crippen LogP contribution < -0.4 is 10.9 Å². The lowest BCUT2D eigenvalue weighted by molar-refractivity contribution is 0.102. The van der Waals surface area contributed by atoms with Gasteiger partial charge < -0.3 is 14.3 Å². The van der Waals surface area contributed by atoms with Gasteiger partial charge in [0.2, 0.25) is 5.95 Å². The number of imidazole rings is 2. The van der Waals surface area contributed by atoms with Gasteiger partial charge in [-0.1, -0.05) is 0 Å². The number of anilines is 1. The first-order valence-electron chi connectivity index (χ1n) is 10.8. The Balaban J connectivity index is 1.51. The molecule has 0 bridgehead atoms. The summed E-state index contributed by atoms with van der Waals surface area (Å²) in [7, 11) is 0. The number of benzene rings is 1. The molecule has 1 amide bonds. The Morgan fingerprint density at radius 2 is 2.12 bits per heavy atom. The van der Waals surface area contributed by atoms with Crippen LogP contribution in [-0.2, 0) is 11.3 Å². The van der Waals surface area contributed by atoms with Crippen LogP contribution in [0.2, 0.25) is 0 Å². The minimum atomic E-state index is -0.365. The van der Waals surface area contributed by atoms with Crippen LogP contribution in [0.1, 0.15) is 29.5 Å². The summed E-state index contributed by atoms with van der Waals surface area (Å²) in [6.07, 6.45) is 5.78. The average molecular weight is 479 g/mol. The van der Waals surface area contributed by atoms with Crippen molar-refractivity contribution in [2.75, 3.05) is 18.5 Å². The predicted octanol–water partition coefficient (Wildman–Crippen LogP) is 2.90. The van der Waals surface area contributed by atoms with Gasteiger partial charge in [0.1, 0.15) is 17.7 Å². The first-order valence-corrected chi connectivity index (χ1v) is 11.7.